The summed E-state index contributed by atoms with van der Waals surface area (Å²) < 4.78 is 0. The molecule has 0 spiro atoms. The van der Waals surface area contributed by atoms with Gasteiger partial charge in [0.25, 0.3) is 0 Å². The summed E-state index contributed by atoms with van der Waals surface area (Å²) in [5.74, 6) is 0. The highest BCUT2D eigenvalue weighted by atomic mass is 79.9. The summed E-state index contributed by atoms with van der Waals surface area (Å²) in [5.41, 5.74) is 1.64. The summed E-state index contributed by atoms with van der Waals surface area (Å²) in [5, 5.41) is 0. The summed E-state index contributed by atoms with van der Waals surface area (Å²) >= 11 is 3.56. The largest absolute Gasteiger partial charge is 0.0654 e. The van der Waals surface area contributed by atoms with Gasteiger partial charge in [-0.05, 0) is 30.7 Å². The van der Waals surface area contributed by atoms with E-state index in [1.54, 1.807) is 5.57 Å². The molecule has 0 unspecified atom stereocenters. The number of halogens is 1. The van der Waals surface area contributed by atoms with E-state index in [9.17, 15) is 0 Å². The fraction of sp³-hybridized carbons (Fsp3) is 0.900. The van der Waals surface area contributed by atoms with Gasteiger partial charge >= 0.3 is 0 Å². The van der Waals surface area contributed by atoms with Crippen LogP contribution in [0.2, 0.25) is 0 Å². The molecule has 0 saturated heterocycles. The zero-order valence-electron chi connectivity index (χ0n) is 14.8. The molecule has 0 saturated carbocycles. The number of allylic oxidation sites excluding steroid dienone is 1. The monoisotopic (exact) mass is 358 g/mol. The van der Waals surface area contributed by atoms with E-state index in [1.807, 2.05) is 0 Å². The fourth-order valence-electron chi connectivity index (χ4n) is 2.85. The summed E-state index contributed by atoms with van der Waals surface area (Å²) in [6, 6.07) is 0. The van der Waals surface area contributed by atoms with Crippen molar-refractivity contribution in [2.24, 2.45) is 0 Å². The van der Waals surface area contributed by atoms with Crippen LogP contribution in [0, 0.1) is 0 Å². The minimum absolute atomic E-state index is 1.31. The second-order valence-electron chi connectivity index (χ2n) is 6.51. The second-order valence-corrected chi connectivity index (χ2v) is 6.97. The number of hydrogen-bond donors (Lipinski definition) is 0. The molecule has 0 rings (SSSR count). The van der Waals surface area contributed by atoms with Gasteiger partial charge in [0.2, 0.25) is 0 Å². The van der Waals surface area contributed by atoms with Gasteiger partial charge in [0.15, 0.2) is 0 Å². The Morgan fingerprint density at radius 1 is 0.571 bits per heavy atom. The Balaban J connectivity index is 3.33. The lowest BCUT2D eigenvalue weighted by atomic mass is 10.0. The van der Waals surface area contributed by atoms with E-state index in [0.717, 1.165) is 0 Å². The minimum Gasteiger partial charge on any atom is -0.0654 e. The van der Waals surface area contributed by atoms with Crippen molar-refractivity contribution in [3.05, 3.63) is 10.6 Å². The Kier molecular flexibility index (Phi) is 18.5. The number of unbranched alkanes of at least 4 members (excludes halogenated alkanes) is 12. The molecule has 0 N–H and O–H groups in total. The van der Waals surface area contributed by atoms with E-state index in [4.69, 9.17) is 0 Å². The topological polar surface area (TPSA) is 0 Å². The number of hydrogen-bond acceptors (Lipinski definition) is 0. The van der Waals surface area contributed by atoms with Crippen LogP contribution < -0.4 is 0 Å². The van der Waals surface area contributed by atoms with Crippen LogP contribution in [-0.4, -0.2) is 0 Å². The first-order valence-corrected chi connectivity index (χ1v) is 10.5. The Bertz CT molecular complexity index is 220. The molecule has 0 atom stereocenters. The maximum atomic E-state index is 3.56. The summed E-state index contributed by atoms with van der Waals surface area (Å²) in [4.78, 5) is 2.19. The van der Waals surface area contributed by atoms with E-state index >= 15 is 0 Å². The summed E-state index contributed by atoms with van der Waals surface area (Å²) in [6.07, 6.45) is 22.5. The molecule has 0 aliphatic rings. The maximum absolute atomic E-state index is 3.56. The van der Waals surface area contributed by atoms with Crippen molar-refractivity contribution in [1.29, 1.82) is 0 Å². The van der Waals surface area contributed by atoms with E-state index in [1.165, 1.54) is 103 Å². The summed E-state index contributed by atoms with van der Waals surface area (Å²) in [7, 11) is 0. The van der Waals surface area contributed by atoms with Gasteiger partial charge in [-0.3, -0.25) is 0 Å². The molecule has 0 aliphatic heterocycles. The highest BCUT2D eigenvalue weighted by molar-refractivity contribution is 9.11. The molecule has 0 aromatic rings. The standard InChI is InChI=1S/C20H39Br/c1-3-5-7-9-11-12-14-16-18-20(19-21)17-15-13-10-8-6-4-2/h19H,3-18H2,1-2H3. The van der Waals surface area contributed by atoms with Crippen molar-refractivity contribution >= 4 is 15.9 Å². The SMILES string of the molecule is CCCCCCCCCCC(=CBr)CCCCCCCC. The lowest BCUT2D eigenvalue weighted by Crippen LogP contribution is -1.87. The minimum atomic E-state index is 1.31. The van der Waals surface area contributed by atoms with Crippen LogP contribution in [0.5, 0.6) is 0 Å². The first-order valence-electron chi connectivity index (χ1n) is 9.63. The van der Waals surface area contributed by atoms with Gasteiger partial charge < -0.3 is 0 Å². The van der Waals surface area contributed by atoms with Gasteiger partial charge in [-0.1, -0.05) is 112 Å². The smallest absolute Gasteiger partial charge is 0.0197 e. The van der Waals surface area contributed by atoms with Gasteiger partial charge in [0.05, 0.1) is 0 Å². The third-order valence-electron chi connectivity index (χ3n) is 4.36. The lowest BCUT2D eigenvalue weighted by Gasteiger charge is -2.07. The quantitative estimate of drug-likeness (QED) is 0.242. The van der Waals surface area contributed by atoms with Crippen LogP contribution >= 0.6 is 15.9 Å². The van der Waals surface area contributed by atoms with Crippen molar-refractivity contribution in [3.63, 3.8) is 0 Å². The van der Waals surface area contributed by atoms with Crippen LogP contribution in [0.25, 0.3) is 0 Å². The van der Waals surface area contributed by atoms with Gasteiger partial charge in [-0.2, -0.15) is 0 Å². The van der Waals surface area contributed by atoms with Gasteiger partial charge in [0, 0.05) is 0 Å². The van der Waals surface area contributed by atoms with Crippen molar-refractivity contribution in [2.75, 3.05) is 0 Å². The van der Waals surface area contributed by atoms with Crippen molar-refractivity contribution in [2.45, 2.75) is 117 Å². The van der Waals surface area contributed by atoms with Crippen LogP contribution in [0.3, 0.4) is 0 Å². The molecular weight excluding hydrogens is 320 g/mol. The molecular formula is C20H39Br. The Morgan fingerprint density at radius 2 is 0.905 bits per heavy atom. The van der Waals surface area contributed by atoms with E-state index in [2.05, 4.69) is 34.8 Å². The van der Waals surface area contributed by atoms with E-state index < -0.39 is 0 Å². The third-order valence-corrected chi connectivity index (χ3v) is 5.00. The molecule has 0 aliphatic carbocycles. The molecule has 0 fully saturated rings. The molecule has 0 radical (unpaired) electrons. The Hall–Kier alpha value is 0.220. The molecule has 126 valence electrons. The second kappa shape index (κ2) is 18.3. The average molecular weight is 359 g/mol. The van der Waals surface area contributed by atoms with E-state index in [-0.39, 0.29) is 0 Å². The van der Waals surface area contributed by atoms with Crippen LogP contribution in [0.15, 0.2) is 10.6 Å². The van der Waals surface area contributed by atoms with E-state index in [0.29, 0.717) is 0 Å². The van der Waals surface area contributed by atoms with Crippen LogP contribution in [0.4, 0.5) is 0 Å². The summed E-state index contributed by atoms with van der Waals surface area (Å²) in [6.45, 7) is 4.58. The lowest BCUT2D eigenvalue weighted by molar-refractivity contribution is 0.567. The fourth-order valence-corrected chi connectivity index (χ4v) is 3.31. The predicted molar refractivity (Wildman–Crippen MR) is 102 cm³/mol. The van der Waals surface area contributed by atoms with Crippen molar-refractivity contribution in [3.8, 4) is 0 Å². The average Bonchev–Trinajstić information content (AvgIpc) is 2.51. The molecule has 21 heavy (non-hydrogen) atoms. The molecule has 0 heterocycles. The number of rotatable bonds is 16. The molecule has 0 aromatic heterocycles. The zero-order valence-corrected chi connectivity index (χ0v) is 16.4. The van der Waals surface area contributed by atoms with Crippen molar-refractivity contribution < 1.29 is 0 Å². The predicted octanol–water partition coefficient (Wildman–Crippen LogP) is 8.55. The zero-order chi connectivity index (χ0) is 15.6. The van der Waals surface area contributed by atoms with Crippen LogP contribution in [-0.2, 0) is 0 Å². The Labute approximate surface area is 143 Å². The Morgan fingerprint density at radius 3 is 1.24 bits per heavy atom. The van der Waals surface area contributed by atoms with Gasteiger partial charge in [-0.15, -0.1) is 0 Å². The molecule has 0 amide bonds. The molecule has 1 heteroatoms. The van der Waals surface area contributed by atoms with Crippen LogP contribution in [0.1, 0.15) is 117 Å². The molecule has 0 bridgehead atoms. The highest BCUT2D eigenvalue weighted by Crippen LogP contribution is 2.19. The van der Waals surface area contributed by atoms with Gasteiger partial charge in [0.1, 0.15) is 0 Å². The normalized spacial score (nSPS) is 12.0. The molecule has 0 nitrogen and oxygen atoms in total. The first-order chi connectivity index (χ1) is 10.3. The maximum Gasteiger partial charge on any atom is -0.0197 e. The van der Waals surface area contributed by atoms with Gasteiger partial charge in [-0.25, -0.2) is 0 Å². The first kappa shape index (κ1) is 21.2. The highest BCUT2D eigenvalue weighted by Gasteiger charge is 1.99. The van der Waals surface area contributed by atoms with Crippen molar-refractivity contribution in [1.82, 2.24) is 0 Å². The third kappa shape index (κ3) is 16.4. The molecule has 0 aromatic carbocycles.